The molecule has 0 fully saturated rings. The monoisotopic (exact) mass is 458 g/mol. The summed E-state index contributed by atoms with van der Waals surface area (Å²) in [5.74, 6) is -0.383. The van der Waals surface area contributed by atoms with E-state index in [0.29, 0.717) is 16.6 Å². The number of benzene rings is 2. The highest BCUT2D eigenvalue weighted by Crippen LogP contribution is 2.40. The zero-order valence-corrected chi connectivity index (χ0v) is 18.1. The highest BCUT2D eigenvalue weighted by Gasteiger charge is 2.23. The zero-order chi connectivity index (χ0) is 21.0. The number of anilines is 2. The van der Waals surface area contributed by atoms with Gasteiger partial charge in [-0.1, -0.05) is 11.6 Å². The predicted molar refractivity (Wildman–Crippen MR) is 112 cm³/mol. The molecular weight excluding hydrogens is 442 g/mol. The number of hydrogen-bond acceptors (Lipinski definition) is 8. The van der Waals surface area contributed by atoms with Crippen LogP contribution in [0.5, 0.6) is 11.5 Å². The summed E-state index contributed by atoms with van der Waals surface area (Å²) in [6.45, 7) is 0.247. The van der Waals surface area contributed by atoms with E-state index in [4.69, 9.17) is 21.1 Å². The fourth-order valence-electron chi connectivity index (χ4n) is 2.51. The zero-order valence-electron chi connectivity index (χ0n) is 15.7. The molecule has 0 spiro atoms. The van der Waals surface area contributed by atoms with Crippen LogP contribution in [0.25, 0.3) is 0 Å². The largest absolute Gasteiger partial charge is 0.497 e. The van der Waals surface area contributed by atoms with Gasteiger partial charge in [0.25, 0.3) is 0 Å². The lowest BCUT2D eigenvalue weighted by molar-refractivity contribution is 0.391. The molecular formula is C18H17ClF2N4O2S2. The highest BCUT2D eigenvalue weighted by atomic mass is 35.5. The van der Waals surface area contributed by atoms with Gasteiger partial charge in [0.15, 0.2) is 5.82 Å². The smallest absolute Gasteiger partial charge is 0.215 e. The van der Waals surface area contributed by atoms with E-state index >= 15 is 0 Å². The van der Waals surface area contributed by atoms with Gasteiger partial charge < -0.3 is 14.8 Å². The van der Waals surface area contributed by atoms with Crippen LogP contribution in [0.1, 0.15) is 5.56 Å². The molecule has 0 aliphatic heterocycles. The summed E-state index contributed by atoms with van der Waals surface area (Å²) in [7, 11) is 4.63. The topological polar surface area (TPSA) is 59.5 Å². The number of nitrogens with one attached hydrogen (secondary N) is 1. The Kier molecular flexibility index (Phi) is 6.99. The van der Waals surface area contributed by atoms with Crippen LogP contribution < -0.4 is 19.1 Å². The average Bonchev–Trinajstić information content (AvgIpc) is 3.27. The van der Waals surface area contributed by atoms with Crippen molar-refractivity contribution in [1.82, 2.24) is 9.36 Å². The number of ether oxygens (including phenoxy) is 2. The third kappa shape index (κ3) is 4.65. The summed E-state index contributed by atoms with van der Waals surface area (Å²) >= 11 is 7.98. The third-order valence-electron chi connectivity index (χ3n) is 3.96. The Bertz CT molecular complexity index is 992. The minimum absolute atomic E-state index is 0.172. The summed E-state index contributed by atoms with van der Waals surface area (Å²) < 4.78 is 45.6. The molecule has 0 bridgehead atoms. The Labute approximate surface area is 180 Å². The van der Waals surface area contributed by atoms with E-state index < -0.39 is 11.6 Å². The molecule has 2 aromatic carbocycles. The summed E-state index contributed by atoms with van der Waals surface area (Å²) in [6.07, 6.45) is 1.38. The van der Waals surface area contributed by atoms with E-state index in [1.165, 1.54) is 20.5 Å². The summed E-state index contributed by atoms with van der Waals surface area (Å²) in [6, 6.07) is 6.48. The number of aromatic nitrogens is 2. The number of methoxy groups -OCH3 is 2. The normalized spacial score (nSPS) is 10.7. The van der Waals surface area contributed by atoms with Gasteiger partial charge in [0.2, 0.25) is 5.13 Å². The van der Waals surface area contributed by atoms with E-state index in [2.05, 4.69) is 14.7 Å². The Morgan fingerprint density at radius 1 is 1.24 bits per heavy atom. The van der Waals surface area contributed by atoms with E-state index in [1.54, 1.807) is 23.5 Å². The summed E-state index contributed by atoms with van der Waals surface area (Å²) in [4.78, 5) is 3.93. The van der Waals surface area contributed by atoms with E-state index in [-0.39, 0.29) is 22.2 Å². The van der Waals surface area contributed by atoms with Gasteiger partial charge in [0, 0.05) is 30.2 Å². The van der Waals surface area contributed by atoms with Crippen LogP contribution in [-0.4, -0.2) is 30.6 Å². The van der Waals surface area contributed by atoms with E-state index in [0.717, 1.165) is 35.1 Å². The van der Waals surface area contributed by atoms with Gasteiger partial charge >= 0.3 is 0 Å². The molecule has 6 nitrogen and oxygen atoms in total. The maximum Gasteiger partial charge on any atom is 0.215 e. The van der Waals surface area contributed by atoms with Crippen molar-refractivity contribution in [3.8, 4) is 11.5 Å². The maximum absolute atomic E-state index is 14.8. The molecule has 0 saturated carbocycles. The van der Waals surface area contributed by atoms with Crippen LogP contribution in [0.3, 0.4) is 0 Å². The molecule has 29 heavy (non-hydrogen) atoms. The minimum Gasteiger partial charge on any atom is -0.497 e. The number of rotatable bonds is 8. The molecule has 0 unspecified atom stereocenters. The van der Waals surface area contributed by atoms with Gasteiger partial charge in [-0.05, 0) is 30.1 Å². The number of hydrogen-bond donors (Lipinski definition) is 1. The number of nitrogens with zero attached hydrogens (tertiary/aromatic N) is 3. The second-order valence-electron chi connectivity index (χ2n) is 5.64. The molecule has 0 saturated heterocycles. The second kappa shape index (κ2) is 9.47. The van der Waals surface area contributed by atoms with Crippen molar-refractivity contribution in [2.24, 2.45) is 0 Å². The first-order valence-corrected chi connectivity index (χ1v) is 10.2. The SMILES string of the molecule is CNc1cc(F)c(SN(Cc2ccc(OC)cc2OC)c2ncns2)c(F)c1Cl. The fraction of sp³-hybridized carbons (Fsp3) is 0.222. The lowest BCUT2D eigenvalue weighted by Crippen LogP contribution is -2.15. The van der Waals surface area contributed by atoms with Gasteiger partial charge in [-0.15, -0.1) is 0 Å². The first kappa shape index (κ1) is 21.4. The van der Waals surface area contributed by atoms with Crippen molar-refractivity contribution in [1.29, 1.82) is 0 Å². The molecule has 154 valence electrons. The van der Waals surface area contributed by atoms with Crippen molar-refractivity contribution in [2.45, 2.75) is 11.4 Å². The van der Waals surface area contributed by atoms with Gasteiger partial charge in [-0.2, -0.15) is 4.37 Å². The summed E-state index contributed by atoms with van der Waals surface area (Å²) in [5, 5.41) is 2.96. The lowest BCUT2D eigenvalue weighted by Gasteiger charge is -2.22. The van der Waals surface area contributed by atoms with Gasteiger partial charge in [-0.3, -0.25) is 4.31 Å². The van der Waals surface area contributed by atoms with Crippen LogP contribution in [-0.2, 0) is 6.54 Å². The van der Waals surface area contributed by atoms with Crippen molar-refractivity contribution in [2.75, 3.05) is 30.9 Å². The molecule has 3 aromatic rings. The average molecular weight is 459 g/mol. The molecule has 11 heteroatoms. The Morgan fingerprint density at radius 2 is 2.03 bits per heavy atom. The minimum atomic E-state index is -0.850. The van der Waals surface area contributed by atoms with Crippen molar-refractivity contribution >= 4 is 45.9 Å². The van der Waals surface area contributed by atoms with Crippen molar-refractivity contribution in [3.63, 3.8) is 0 Å². The first-order chi connectivity index (χ1) is 14.0. The van der Waals surface area contributed by atoms with Crippen LogP contribution in [0.2, 0.25) is 5.02 Å². The molecule has 0 amide bonds. The van der Waals surface area contributed by atoms with E-state index in [1.807, 2.05) is 6.07 Å². The van der Waals surface area contributed by atoms with Gasteiger partial charge in [-0.25, -0.2) is 13.8 Å². The first-order valence-electron chi connectivity index (χ1n) is 8.26. The highest BCUT2D eigenvalue weighted by molar-refractivity contribution is 8.00. The molecule has 0 aliphatic carbocycles. The molecule has 0 aliphatic rings. The van der Waals surface area contributed by atoms with Crippen LogP contribution >= 0.6 is 35.1 Å². The van der Waals surface area contributed by atoms with Crippen LogP contribution in [0, 0.1) is 11.6 Å². The number of halogens is 3. The predicted octanol–water partition coefficient (Wildman–Crippen LogP) is 5.24. The Balaban J connectivity index is 1.98. The summed E-state index contributed by atoms with van der Waals surface area (Å²) in [5.41, 5.74) is 0.945. The molecule has 1 N–H and O–H groups in total. The fourth-order valence-corrected chi connectivity index (χ4v) is 4.33. The van der Waals surface area contributed by atoms with Crippen LogP contribution in [0.15, 0.2) is 35.5 Å². The van der Waals surface area contributed by atoms with Crippen LogP contribution in [0.4, 0.5) is 19.6 Å². The van der Waals surface area contributed by atoms with Crippen molar-refractivity contribution in [3.05, 3.63) is 52.8 Å². The van der Waals surface area contributed by atoms with Gasteiger partial charge in [0.05, 0.1) is 26.5 Å². The molecule has 3 rings (SSSR count). The van der Waals surface area contributed by atoms with Crippen molar-refractivity contribution < 1.29 is 18.3 Å². The Hall–Kier alpha value is -2.30. The molecule has 1 heterocycles. The maximum atomic E-state index is 14.8. The van der Waals surface area contributed by atoms with Gasteiger partial charge in [0.1, 0.15) is 33.6 Å². The van der Waals surface area contributed by atoms with E-state index in [9.17, 15) is 8.78 Å². The molecule has 0 radical (unpaired) electrons. The second-order valence-corrected chi connectivity index (χ2v) is 7.81. The standard InChI is InChI=1S/C18H17ClF2N4O2S2/c1-22-13-7-12(20)17(16(21)15(13)19)29-25(18-23-9-24-28-18)8-10-4-5-11(26-2)6-14(10)27-3/h4-7,9,22H,8H2,1-3H3. The lowest BCUT2D eigenvalue weighted by atomic mass is 10.2. The molecule has 0 atom stereocenters. The quantitative estimate of drug-likeness (QED) is 0.365. The Morgan fingerprint density at radius 3 is 2.66 bits per heavy atom. The third-order valence-corrected chi connectivity index (χ3v) is 6.21. The molecule has 1 aromatic heterocycles.